The van der Waals surface area contributed by atoms with E-state index in [0.29, 0.717) is 18.5 Å². The molecular weight excluding hydrogens is 212 g/mol. The average Bonchev–Trinajstić information content (AvgIpc) is 3.19. The summed E-state index contributed by atoms with van der Waals surface area (Å²) in [5.74, 6) is 0.528. The highest BCUT2D eigenvalue weighted by Gasteiger charge is 2.28. The Hall–Kier alpha value is -1.35. The molecule has 0 saturated heterocycles. The van der Waals surface area contributed by atoms with Crippen molar-refractivity contribution >= 4 is 5.91 Å². The maximum absolute atomic E-state index is 11.4. The Morgan fingerprint density at radius 2 is 2.00 bits per heavy atom. The van der Waals surface area contributed by atoms with Gasteiger partial charge >= 0.3 is 0 Å². The molecule has 3 nitrogen and oxygen atoms in total. The van der Waals surface area contributed by atoms with Crippen molar-refractivity contribution in [1.82, 2.24) is 10.6 Å². The molecule has 0 bridgehead atoms. The lowest BCUT2D eigenvalue weighted by Crippen LogP contribution is -2.33. The summed E-state index contributed by atoms with van der Waals surface area (Å²) < 4.78 is 0. The predicted molar refractivity (Wildman–Crippen MR) is 68.6 cm³/mol. The van der Waals surface area contributed by atoms with Crippen molar-refractivity contribution in [3.63, 3.8) is 0 Å². The van der Waals surface area contributed by atoms with Crippen molar-refractivity contribution in [2.75, 3.05) is 13.1 Å². The highest BCUT2D eigenvalue weighted by Crippen LogP contribution is 2.28. The van der Waals surface area contributed by atoms with E-state index in [-0.39, 0.29) is 5.91 Å². The van der Waals surface area contributed by atoms with Gasteiger partial charge in [0.15, 0.2) is 0 Å². The van der Waals surface area contributed by atoms with E-state index in [2.05, 4.69) is 29.7 Å². The minimum atomic E-state index is 0.221. The van der Waals surface area contributed by atoms with Crippen molar-refractivity contribution < 1.29 is 4.79 Å². The van der Waals surface area contributed by atoms with Gasteiger partial charge in [0.05, 0.1) is 0 Å². The third-order valence-corrected chi connectivity index (χ3v) is 3.12. The van der Waals surface area contributed by atoms with E-state index in [0.717, 1.165) is 19.4 Å². The molecule has 0 aromatic heterocycles. The van der Waals surface area contributed by atoms with Crippen molar-refractivity contribution in [3.05, 3.63) is 35.9 Å². The molecule has 92 valence electrons. The van der Waals surface area contributed by atoms with Gasteiger partial charge in [0, 0.05) is 25.0 Å². The van der Waals surface area contributed by atoms with Crippen LogP contribution in [0.1, 0.15) is 31.4 Å². The smallest absolute Gasteiger partial charge is 0.223 e. The first-order valence-corrected chi connectivity index (χ1v) is 6.33. The summed E-state index contributed by atoms with van der Waals surface area (Å²) in [7, 11) is 0. The van der Waals surface area contributed by atoms with E-state index >= 15 is 0 Å². The van der Waals surface area contributed by atoms with E-state index in [1.807, 2.05) is 18.2 Å². The average molecular weight is 232 g/mol. The summed E-state index contributed by atoms with van der Waals surface area (Å²) in [6.45, 7) is 3.67. The normalized spacial score (nSPS) is 16.5. The highest BCUT2D eigenvalue weighted by molar-refractivity contribution is 5.80. The number of amides is 1. The number of rotatable bonds is 6. The van der Waals surface area contributed by atoms with Crippen molar-refractivity contribution in [2.45, 2.75) is 25.8 Å². The van der Waals surface area contributed by atoms with Crippen LogP contribution in [0.15, 0.2) is 30.3 Å². The van der Waals surface area contributed by atoms with Crippen LogP contribution in [0.5, 0.6) is 0 Å². The highest BCUT2D eigenvalue weighted by atomic mass is 16.2. The Morgan fingerprint density at radius 1 is 1.29 bits per heavy atom. The molecule has 1 unspecified atom stereocenters. The zero-order chi connectivity index (χ0) is 12.1. The van der Waals surface area contributed by atoms with Crippen LogP contribution in [0.3, 0.4) is 0 Å². The molecule has 1 fully saturated rings. The first-order valence-electron chi connectivity index (χ1n) is 6.33. The van der Waals surface area contributed by atoms with Crippen LogP contribution in [0.2, 0.25) is 0 Å². The first-order chi connectivity index (χ1) is 8.27. The standard InChI is InChI=1S/C14H20N2O/c1-11(12-5-3-2-4-6-12)15-9-10-16-14(17)13-7-8-13/h2-6,11,13,15H,7-10H2,1H3,(H,16,17). The molecule has 2 N–H and O–H groups in total. The second kappa shape index (κ2) is 5.82. The molecule has 0 aliphatic heterocycles. The lowest BCUT2D eigenvalue weighted by atomic mass is 10.1. The predicted octanol–water partition coefficient (Wildman–Crippen LogP) is 1.86. The number of hydrogen-bond acceptors (Lipinski definition) is 2. The van der Waals surface area contributed by atoms with Gasteiger partial charge in [-0.1, -0.05) is 30.3 Å². The van der Waals surface area contributed by atoms with Crippen molar-refractivity contribution in [3.8, 4) is 0 Å². The summed E-state index contributed by atoms with van der Waals surface area (Å²) in [6, 6.07) is 10.7. The minimum absolute atomic E-state index is 0.221. The Kier molecular flexibility index (Phi) is 4.15. The Balaban J connectivity index is 1.63. The van der Waals surface area contributed by atoms with Gasteiger partial charge in [0.1, 0.15) is 0 Å². The van der Waals surface area contributed by atoms with Crippen LogP contribution in [0.4, 0.5) is 0 Å². The molecule has 1 aliphatic rings. The maximum atomic E-state index is 11.4. The molecule has 1 amide bonds. The zero-order valence-electron chi connectivity index (χ0n) is 10.3. The molecule has 1 saturated carbocycles. The zero-order valence-corrected chi connectivity index (χ0v) is 10.3. The molecule has 0 radical (unpaired) electrons. The lowest BCUT2D eigenvalue weighted by Gasteiger charge is -2.14. The van der Waals surface area contributed by atoms with Gasteiger partial charge in [-0.15, -0.1) is 0 Å². The van der Waals surface area contributed by atoms with Crippen molar-refractivity contribution in [2.24, 2.45) is 5.92 Å². The fourth-order valence-corrected chi connectivity index (χ4v) is 1.82. The summed E-state index contributed by atoms with van der Waals surface area (Å²) in [5, 5.41) is 6.35. The molecule has 0 heterocycles. The van der Waals surface area contributed by atoms with Crippen LogP contribution < -0.4 is 10.6 Å². The van der Waals surface area contributed by atoms with E-state index < -0.39 is 0 Å². The van der Waals surface area contributed by atoms with Crippen LogP contribution >= 0.6 is 0 Å². The first kappa shape index (κ1) is 12.1. The van der Waals surface area contributed by atoms with Gasteiger partial charge in [-0.25, -0.2) is 0 Å². The summed E-state index contributed by atoms with van der Waals surface area (Å²) in [5.41, 5.74) is 1.28. The van der Waals surface area contributed by atoms with Crippen LogP contribution in [0, 0.1) is 5.92 Å². The minimum Gasteiger partial charge on any atom is -0.355 e. The van der Waals surface area contributed by atoms with Crippen LogP contribution in [-0.2, 0) is 4.79 Å². The maximum Gasteiger partial charge on any atom is 0.223 e. The third kappa shape index (κ3) is 3.86. The molecule has 0 spiro atoms. The second-order valence-electron chi connectivity index (χ2n) is 4.65. The van der Waals surface area contributed by atoms with Gasteiger partial charge in [-0.3, -0.25) is 4.79 Å². The molecule has 1 atom stereocenters. The number of hydrogen-bond donors (Lipinski definition) is 2. The monoisotopic (exact) mass is 232 g/mol. The van der Waals surface area contributed by atoms with Gasteiger partial charge in [0.2, 0.25) is 5.91 Å². The van der Waals surface area contributed by atoms with Crippen LogP contribution in [-0.4, -0.2) is 19.0 Å². The molecule has 3 heteroatoms. The Labute approximate surface area is 103 Å². The number of carbonyl (C=O) groups is 1. The molecule has 1 aliphatic carbocycles. The topological polar surface area (TPSA) is 41.1 Å². The Bertz CT molecular complexity index is 360. The van der Waals surface area contributed by atoms with E-state index in [9.17, 15) is 4.79 Å². The summed E-state index contributed by atoms with van der Waals surface area (Å²) in [4.78, 5) is 11.4. The molecule has 2 rings (SSSR count). The van der Waals surface area contributed by atoms with Gasteiger partial charge in [0.25, 0.3) is 0 Å². The quantitative estimate of drug-likeness (QED) is 0.735. The fourth-order valence-electron chi connectivity index (χ4n) is 1.82. The van der Waals surface area contributed by atoms with Gasteiger partial charge in [-0.05, 0) is 25.3 Å². The third-order valence-electron chi connectivity index (χ3n) is 3.12. The van der Waals surface area contributed by atoms with E-state index in [4.69, 9.17) is 0 Å². The van der Waals surface area contributed by atoms with Crippen molar-refractivity contribution in [1.29, 1.82) is 0 Å². The van der Waals surface area contributed by atoms with Gasteiger partial charge < -0.3 is 10.6 Å². The molecule has 1 aromatic carbocycles. The lowest BCUT2D eigenvalue weighted by molar-refractivity contribution is -0.122. The molecular formula is C14H20N2O. The summed E-state index contributed by atoms with van der Waals surface area (Å²) >= 11 is 0. The van der Waals surface area contributed by atoms with Gasteiger partial charge in [-0.2, -0.15) is 0 Å². The van der Waals surface area contributed by atoms with E-state index in [1.165, 1.54) is 5.56 Å². The Morgan fingerprint density at radius 3 is 2.65 bits per heavy atom. The summed E-state index contributed by atoms with van der Waals surface area (Å²) in [6.07, 6.45) is 2.14. The van der Waals surface area contributed by atoms with Crippen LogP contribution in [0.25, 0.3) is 0 Å². The van der Waals surface area contributed by atoms with E-state index in [1.54, 1.807) is 0 Å². The number of nitrogens with one attached hydrogen (secondary N) is 2. The molecule has 17 heavy (non-hydrogen) atoms. The second-order valence-corrected chi connectivity index (χ2v) is 4.65. The number of carbonyl (C=O) groups excluding carboxylic acids is 1. The largest absolute Gasteiger partial charge is 0.355 e. The SMILES string of the molecule is CC(NCCNC(=O)C1CC1)c1ccccc1. The molecule has 1 aromatic rings. The fraction of sp³-hybridized carbons (Fsp3) is 0.500. The number of benzene rings is 1.